The number of amides is 1. The Morgan fingerprint density at radius 1 is 1.64 bits per heavy atom. The molecule has 2 heterocycles. The molecule has 4 heteroatoms. The van der Waals surface area contributed by atoms with E-state index in [1.807, 2.05) is 6.92 Å². The van der Waals surface area contributed by atoms with Crippen LogP contribution < -0.4 is 10.6 Å². The summed E-state index contributed by atoms with van der Waals surface area (Å²) < 4.78 is 5.48. The van der Waals surface area contributed by atoms with Crippen molar-refractivity contribution in [3.05, 3.63) is 0 Å². The number of hydrogen-bond donors (Lipinski definition) is 2. The van der Waals surface area contributed by atoms with Crippen molar-refractivity contribution in [1.82, 2.24) is 10.6 Å². The highest BCUT2D eigenvalue weighted by atomic mass is 16.5. The van der Waals surface area contributed by atoms with E-state index in [9.17, 15) is 4.79 Å². The second kappa shape index (κ2) is 3.87. The summed E-state index contributed by atoms with van der Waals surface area (Å²) in [6.07, 6.45) is 2.87. The fourth-order valence-electron chi connectivity index (χ4n) is 2.07. The number of rotatable bonds is 2. The van der Waals surface area contributed by atoms with E-state index in [-0.39, 0.29) is 5.91 Å². The highest BCUT2D eigenvalue weighted by Gasteiger charge is 2.38. The molecule has 0 spiro atoms. The molecule has 2 saturated heterocycles. The minimum atomic E-state index is -0.567. The van der Waals surface area contributed by atoms with Crippen LogP contribution >= 0.6 is 0 Å². The molecular formula is C10H18N2O2. The molecule has 2 aliphatic heterocycles. The van der Waals surface area contributed by atoms with Crippen molar-refractivity contribution < 1.29 is 9.53 Å². The quantitative estimate of drug-likeness (QED) is 0.658. The standard InChI is InChI=1S/C10H18N2O2/c1-10(4-2-6-14-10)9(13)12-8-3-5-11-7-8/h8,11H,2-7H2,1H3,(H,12,13). The van der Waals surface area contributed by atoms with Gasteiger partial charge in [0.1, 0.15) is 5.60 Å². The minimum Gasteiger partial charge on any atom is -0.365 e. The van der Waals surface area contributed by atoms with Crippen LogP contribution in [0.5, 0.6) is 0 Å². The van der Waals surface area contributed by atoms with Gasteiger partial charge in [-0.25, -0.2) is 0 Å². The minimum absolute atomic E-state index is 0.0590. The van der Waals surface area contributed by atoms with E-state index in [0.29, 0.717) is 12.6 Å². The Hall–Kier alpha value is -0.610. The van der Waals surface area contributed by atoms with Gasteiger partial charge in [-0.05, 0) is 32.7 Å². The summed E-state index contributed by atoms with van der Waals surface area (Å²) in [7, 11) is 0. The summed E-state index contributed by atoms with van der Waals surface area (Å²) in [5.41, 5.74) is -0.567. The summed E-state index contributed by atoms with van der Waals surface area (Å²) >= 11 is 0. The van der Waals surface area contributed by atoms with Crippen LogP contribution in [0.3, 0.4) is 0 Å². The van der Waals surface area contributed by atoms with Crippen molar-refractivity contribution in [2.45, 2.75) is 37.8 Å². The molecule has 0 aromatic rings. The average Bonchev–Trinajstić information content (AvgIpc) is 2.76. The van der Waals surface area contributed by atoms with Gasteiger partial charge in [0.25, 0.3) is 5.91 Å². The fourth-order valence-corrected chi connectivity index (χ4v) is 2.07. The summed E-state index contributed by atoms with van der Waals surface area (Å²) in [4.78, 5) is 11.9. The molecule has 0 aromatic carbocycles. The Bertz CT molecular complexity index is 218. The van der Waals surface area contributed by atoms with Crippen LogP contribution in [0, 0.1) is 0 Å². The zero-order valence-electron chi connectivity index (χ0n) is 8.64. The number of carbonyl (C=O) groups excluding carboxylic acids is 1. The van der Waals surface area contributed by atoms with Crippen LogP contribution in [-0.4, -0.2) is 37.2 Å². The third-order valence-electron chi connectivity index (χ3n) is 3.09. The Balaban J connectivity index is 1.87. The van der Waals surface area contributed by atoms with Gasteiger partial charge in [0, 0.05) is 19.2 Å². The van der Waals surface area contributed by atoms with E-state index in [4.69, 9.17) is 4.74 Å². The molecule has 80 valence electrons. The molecule has 0 saturated carbocycles. The third-order valence-corrected chi connectivity index (χ3v) is 3.09. The zero-order valence-corrected chi connectivity index (χ0v) is 8.64. The lowest BCUT2D eigenvalue weighted by Crippen LogP contribution is -2.48. The van der Waals surface area contributed by atoms with E-state index in [1.165, 1.54) is 0 Å². The summed E-state index contributed by atoms with van der Waals surface area (Å²) in [5.74, 6) is 0.0590. The van der Waals surface area contributed by atoms with E-state index >= 15 is 0 Å². The molecule has 0 bridgehead atoms. The lowest BCUT2D eigenvalue weighted by Gasteiger charge is -2.24. The first-order chi connectivity index (χ1) is 6.71. The molecule has 2 fully saturated rings. The summed E-state index contributed by atoms with van der Waals surface area (Å²) in [5, 5.41) is 6.26. The van der Waals surface area contributed by atoms with Crippen molar-refractivity contribution in [3.8, 4) is 0 Å². The van der Waals surface area contributed by atoms with E-state index in [1.54, 1.807) is 0 Å². The van der Waals surface area contributed by atoms with Gasteiger partial charge in [-0.2, -0.15) is 0 Å². The van der Waals surface area contributed by atoms with Crippen molar-refractivity contribution in [2.24, 2.45) is 0 Å². The number of ether oxygens (including phenoxy) is 1. The predicted octanol–water partition coefficient (Wildman–Crippen LogP) is 0.0336. The number of nitrogens with one attached hydrogen (secondary N) is 2. The Kier molecular flexibility index (Phi) is 2.74. The zero-order chi connectivity index (χ0) is 10.0. The van der Waals surface area contributed by atoms with Gasteiger partial charge in [-0.1, -0.05) is 0 Å². The lowest BCUT2D eigenvalue weighted by molar-refractivity contribution is -0.140. The third kappa shape index (κ3) is 1.91. The number of hydrogen-bond acceptors (Lipinski definition) is 3. The largest absolute Gasteiger partial charge is 0.365 e. The molecule has 14 heavy (non-hydrogen) atoms. The topological polar surface area (TPSA) is 50.4 Å². The van der Waals surface area contributed by atoms with Crippen LogP contribution in [0.25, 0.3) is 0 Å². The Morgan fingerprint density at radius 3 is 3.07 bits per heavy atom. The average molecular weight is 198 g/mol. The van der Waals surface area contributed by atoms with Gasteiger partial charge in [-0.15, -0.1) is 0 Å². The molecule has 0 aliphatic carbocycles. The molecule has 2 unspecified atom stereocenters. The van der Waals surface area contributed by atoms with Gasteiger partial charge >= 0.3 is 0 Å². The van der Waals surface area contributed by atoms with Crippen molar-refractivity contribution in [3.63, 3.8) is 0 Å². The highest BCUT2D eigenvalue weighted by Crippen LogP contribution is 2.25. The van der Waals surface area contributed by atoms with Crippen LogP contribution in [-0.2, 0) is 9.53 Å². The first-order valence-corrected chi connectivity index (χ1v) is 5.36. The maximum absolute atomic E-state index is 11.9. The van der Waals surface area contributed by atoms with Gasteiger partial charge in [0.2, 0.25) is 0 Å². The maximum atomic E-state index is 11.9. The second-order valence-corrected chi connectivity index (χ2v) is 4.35. The summed E-state index contributed by atoms with van der Waals surface area (Å²) in [6.45, 7) is 4.49. The van der Waals surface area contributed by atoms with Crippen molar-refractivity contribution in [1.29, 1.82) is 0 Å². The smallest absolute Gasteiger partial charge is 0.252 e. The summed E-state index contributed by atoms with van der Waals surface area (Å²) in [6, 6.07) is 0.295. The normalized spacial score (nSPS) is 37.4. The van der Waals surface area contributed by atoms with Gasteiger partial charge in [0.15, 0.2) is 0 Å². The maximum Gasteiger partial charge on any atom is 0.252 e. The molecule has 2 N–H and O–H groups in total. The molecule has 0 radical (unpaired) electrons. The molecule has 2 rings (SSSR count). The van der Waals surface area contributed by atoms with E-state index in [0.717, 1.165) is 32.4 Å². The predicted molar refractivity (Wildman–Crippen MR) is 53.0 cm³/mol. The van der Waals surface area contributed by atoms with Gasteiger partial charge in [0.05, 0.1) is 0 Å². The van der Waals surface area contributed by atoms with Crippen LogP contribution in [0.1, 0.15) is 26.2 Å². The van der Waals surface area contributed by atoms with Crippen LogP contribution in [0.2, 0.25) is 0 Å². The van der Waals surface area contributed by atoms with Crippen LogP contribution in [0.4, 0.5) is 0 Å². The molecule has 2 atom stereocenters. The Morgan fingerprint density at radius 2 is 2.50 bits per heavy atom. The lowest BCUT2D eigenvalue weighted by atomic mass is 10.0. The molecule has 0 aromatic heterocycles. The first-order valence-electron chi connectivity index (χ1n) is 5.36. The molecule has 1 amide bonds. The first kappa shape index (κ1) is 9.93. The van der Waals surface area contributed by atoms with Gasteiger partial charge < -0.3 is 15.4 Å². The molecular weight excluding hydrogens is 180 g/mol. The second-order valence-electron chi connectivity index (χ2n) is 4.35. The highest BCUT2D eigenvalue weighted by molar-refractivity contribution is 5.85. The van der Waals surface area contributed by atoms with Crippen LogP contribution in [0.15, 0.2) is 0 Å². The van der Waals surface area contributed by atoms with Crippen molar-refractivity contribution in [2.75, 3.05) is 19.7 Å². The number of carbonyl (C=O) groups is 1. The van der Waals surface area contributed by atoms with Gasteiger partial charge in [-0.3, -0.25) is 4.79 Å². The molecule has 2 aliphatic rings. The van der Waals surface area contributed by atoms with E-state index in [2.05, 4.69) is 10.6 Å². The van der Waals surface area contributed by atoms with Crippen molar-refractivity contribution >= 4 is 5.91 Å². The fraction of sp³-hybridized carbons (Fsp3) is 0.900. The van der Waals surface area contributed by atoms with E-state index < -0.39 is 5.60 Å². The molecule has 4 nitrogen and oxygen atoms in total. The SMILES string of the molecule is CC1(C(=O)NC2CCNC2)CCCO1. The Labute approximate surface area is 84.4 Å². The monoisotopic (exact) mass is 198 g/mol.